The predicted octanol–water partition coefficient (Wildman–Crippen LogP) is 4.31. The van der Waals surface area contributed by atoms with E-state index in [2.05, 4.69) is 55.5 Å². The quantitative estimate of drug-likeness (QED) is 0.230. The molecule has 1 aromatic carbocycles. The van der Waals surface area contributed by atoms with Crippen LogP contribution in [-0.2, 0) is 17.9 Å². The Kier molecular flexibility index (Phi) is 11.5. The van der Waals surface area contributed by atoms with Crippen molar-refractivity contribution >= 4 is 35.8 Å². The molecule has 0 aliphatic carbocycles. The van der Waals surface area contributed by atoms with E-state index in [4.69, 9.17) is 0 Å². The number of rotatable bonds is 9. The maximum absolute atomic E-state index is 12.5. The van der Waals surface area contributed by atoms with Gasteiger partial charge < -0.3 is 15.5 Å². The number of fused-ring (bicyclic) bond motifs is 1. The highest BCUT2D eigenvalue weighted by Gasteiger charge is 2.22. The first-order chi connectivity index (χ1) is 13.0. The third kappa shape index (κ3) is 8.37. The van der Waals surface area contributed by atoms with Gasteiger partial charge in [-0.25, -0.2) is 0 Å². The zero-order valence-corrected chi connectivity index (χ0v) is 20.2. The Bertz CT molecular complexity index is 608. The van der Waals surface area contributed by atoms with Crippen molar-refractivity contribution in [1.82, 2.24) is 15.5 Å². The molecular weight excluding hydrogens is 463 g/mol. The maximum Gasteiger partial charge on any atom is 0.223 e. The number of halogens is 1. The van der Waals surface area contributed by atoms with Crippen molar-refractivity contribution in [1.29, 1.82) is 0 Å². The monoisotopic (exact) mass is 500 g/mol. The molecule has 1 aliphatic heterocycles. The maximum atomic E-state index is 12.5. The van der Waals surface area contributed by atoms with Crippen LogP contribution in [0.15, 0.2) is 29.3 Å². The molecule has 6 heteroatoms. The minimum absolute atomic E-state index is 0. The van der Waals surface area contributed by atoms with E-state index in [1.165, 1.54) is 17.5 Å². The Balaban J connectivity index is 0.00000392. The molecule has 2 rings (SSSR count). The summed E-state index contributed by atoms with van der Waals surface area (Å²) in [5.74, 6) is 1.80. The molecule has 1 aliphatic rings. The molecule has 0 fully saturated rings. The number of guanidine groups is 1. The van der Waals surface area contributed by atoms with Gasteiger partial charge in [0.05, 0.1) is 0 Å². The molecule has 1 amide bonds. The second kappa shape index (κ2) is 13.0. The van der Waals surface area contributed by atoms with Crippen molar-refractivity contribution in [3.63, 3.8) is 0 Å². The summed E-state index contributed by atoms with van der Waals surface area (Å²) in [4.78, 5) is 19.0. The third-order valence-corrected chi connectivity index (χ3v) is 4.92. The zero-order chi connectivity index (χ0) is 19.6. The van der Waals surface area contributed by atoms with Crippen LogP contribution in [-0.4, -0.2) is 35.9 Å². The van der Waals surface area contributed by atoms with Crippen LogP contribution in [0.25, 0.3) is 0 Å². The second-order valence-corrected chi connectivity index (χ2v) is 7.90. The van der Waals surface area contributed by atoms with Crippen molar-refractivity contribution in [3.05, 3.63) is 35.4 Å². The van der Waals surface area contributed by atoms with Gasteiger partial charge in [0.15, 0.2) is 5.96 Å². The van der Waals surface area contributed by atoms with E-state index in [0.29, 0.717) is 19.0 Å². The average Bonchev–Trinajstić information content (AvgIpc) is 3.07. The van der Waals surface area contributed by atoms with Crippen LogP contribution >= 0.6 is 24.0 Å². The Morgan fingerprint density at radius 2 is 1.79 bits per heavy atom. The topological polar surface area (TPSA) is 56.7 Å². The number of amides is 1. The fraction of sp³-hybridized carbons (Fsp3) is 0.636. The molecule has 1 unspecified atom stereocenters. The minimum atomic E-state index is 0. The van der Waals surface area contributed by atoms with Gasteiger partial charge in [-0.2, -0.15) is 0 Å². The Hall–Kier alpha value is -1.31. The fourth-order valence-electron chi connectivity index (χ4n) is 3.30. The van der Waals surface area contributed by atoms with Crippen LogP contribution in [0.3, 0.4) is 0 Å². The van der Waals surface area contributed by atoms with Crippen LogP contribution in [0.5, 0.6) is 0 Å². The summed E-state index contributed by atoms with van der Waals surface area (Å²) >= 11 is 0. The smallest absolute Gasteiger partial charge is 0.223 e. The molecule has 1 atom stereocenters. The second-order valence-electron chi connectivity index (χ2n) is 7.90. The lowest BCUT2D eigenvalue weighted by Crippen LogP contribution is -2.42. The summed E-state index contributed by atoms with van der Waals surface area (Å²) in [6.45, 7) is 11.8. The van der Waals surface area contributed by atoms with Gasteiger partial charge >= 0.3 is 0 Å². The molecule has 0 saturated heterocycles. The summed E-state index contributed by atoms with van der Waals surface area (Å²) in [5, 5.41) is 6.77. The Morgan fingerprint density at radius 1 is 1.14 bits per heavy atom. The highest BCUT2D eigenvalue weighted by Crippen LogP contribution is 2.22. The fourth-order valence-corrected chi connectivity index (χ4v) is 3.30. The van der Waals surface area contributed by atoms with Crippen LogP contribution in [0, 0.1) is 5.92 Å². The third-order valence-electron chi connectivity index (χ3n) is 4.92. The molecule has 0 saturated carbocycles. The van der Waals surface area contributed by atoms with Crippen molar-refractivity contribution < 1.29 is 4.79 Å². The summed E-state index contributed by atoms with van der Waals surface area (Å²) < 4.78 is 0. The standard InChI is InChI=1S/C22H36N4O.HI/c1-5-23-22(25-18(4)13-12-17(2)3)24-14-8-11-21(27)26-15-19-9-6-7-10-20(19)16-26;/h6-7,9-10,17-18H,5,8,11-16H2,1-4H3,(H2,23,24,25);1H. The van der Waals surface area contributed by atoms with Crippen LogP contribution in [0.2, 0.25) is 0 Å². The van der Waals surface area contributed by atoms with Gasteiger partial charge in [-0.15, -0.1) is 24.0 Å². The lowest BCUT2D eigenvalue weighted by molar-refractivity contribution is -0.131. The number of aliphatic imine (C=N–C) groups is 1. The van der Waals surface area contributed by atoms with Gasteiger partial charge in [-0.05, 0) is 50.2 Å². The van der Waals surface area contributed by atoms with Crippen LogP contribution in [0.4, 0.5) is 0 Å². The number of carbonyl (C=O) groups is 1. The van der Waals surface area contributed by atoms with Gasteiger partial charge in [-0.1, -0.05) is 38.1 Å². The number of hydrogen-bond donors (Lipinski definition) is 2. The number of carbonyl (C=O) groups excluding carboxylic acids is 1. The molecule has 158 valence electrons. The first-order valence-electron chi connectivity index (χ1n) is 10.4. The number of benzene rings is 1. The summed E-state index contributed by atoms with van der Waals surface area (Å²) in [5.41, 5.74) is 2.55. The Labute approximate surface area is 187 Å². The molecular formula is C22H37IN4O. The van der Waals surface area contributed by atoms with Gasteiger partial charge in [-0.3, -0.25) is 9.79 Å². The highest BCUT2D eigenvalue weighted by molar-refractivity contribution is 14.0. The van der Waals surface area contributed by atoms with E-state index in [-0.39, 0.29) is 29.9 Å². The molecule has 1 heterocycles. The van der Waals surface area contributed by atoms with Crippen molar-refractivity contribution in [2.75, 3.05) is 13.1 Å². The van der Waals surface area contributed by atoms with Crippen LogP contribution < -0.4 is 10.6 Å². The van der Waals surface area contributed by atoms with Crippen molar-refractivity contribution in [2.45, 2.75) is 72.5 Å². The van der Waals surface area contributed by atoms with E-state index in [9.17, 15) is 4.79 Å². The Morgan fingerprint density at radius 3 is 2.36 bits per heavy atom. The molecule has 1 aromatic rings. The molecule has 5 nitrogen and oxygen atoms in total. The average molecular weight is 500 g/mol. The van der Waals surface area contributed by atoms with Crippen molar-refractivity contribution in [3.8, 4) is 0 Å². The number of nitrogens with one attached hydrogen (secondary N) is 2. The molecule has 0 spiro atoms. The minimum Gasteiger partial charge on any atom is -0.357 e. The normalized spacial score (nSPS) is 14.5. The number of hydrogen-bond acceptors (Lipinski definition) is 2. The summed E-state index contributed by atoms with van der Waals surface area (Å²) in [7, 11) is 0. The van der Waals surface area contributed by atoms with Crippen LogP contribution in [0.1, 0.15) is 64.5 Å². The van der Waals surface area contributed by atoms with Gasteiger partial charge in [0.1, 0.15) is 0 Å². The van der Waals surface area contributed by atoms with Gasteiger partial charge in [0.25, 0.3) is 0 Å². The SMILES string of the molecule is CCNC(=NCCCC(=O)N1Cc2ccccc2C1)NC(C)CCC(C)C.I. The lowest BCUT2D eigenvalue weighted by atomic mass is 10.0. The first-order valence-corrected chi connectivity index (χ1v) is 10.4. The van der Waals surface area contributed by atoms with Crippen molar-refractivity contribution in [2.24, 2.45) is 10.9 Å². The summed E-state index contributed by atoms with van der Waals surface area (Å²) in [6, 6.07) is 8.70. The first kappa shape index (κ1) is 24.7. The van der Waals surface area contributed by atoms with E-state index < -0.39 is 0 Å². The predicted molar refractivity (Wildman–Crippen MR) is 128 cm³/mol. The van der Waals surface area contributed by atoms with Gasteiger partial charge in [0.2, 0.25) is 5.91 Å². The zero-order valence-electron chi connectivity index (χ0n) is 17.8. The van der Waals surface area contributed by atoms with E-state index >= 15 is 0 Å². The van der Waals surface area contributed by atoms with E-state index in [1.807, 2.05) is 17.0 Å². The highest BCUT2D eigenvalue weighted by atomic mass is 127. The largest absolute Gasteiger partial charge is 0.357 e. The lowest BCUT2D eigenvalue weighted by Gasteiger charge is -2.19. The van der Waals surface area contributed by atoms with E-state index in [1.54, 1.807) is 0 Å². The van der Waals surface area contributed by atoms with Gasteiger partial charge in [0, 0.05) is 38.6 Å². The molecule has 28 heavy (non-hydrogen) atoms. The summed E-state index contributed by atoms with van der Waals surface area (Å²) in [6.07, 6.45) is 3.68. The molecule has 2 N–H and O–H groups in total. The van der Waals surface area contributed by atoms with E-state index in [0.717, 1.165) is 44.4 Å². The molecule has 0 aromatic heterocycles. The number of nitrogens with zero attached hydrogens (tertiary/aromatic N) is 2. The molecule has 0 bridgehead atoms. The molecule has 0 radical (unpaired) electrons.